The van der Waals surface area contributed by atoms with E-state index in [0.29, 0.717) is 13.2 Å². The van der Waals surface area contributed by atoms with Crippen LogP contribution in [0.4, 0.5) is 0 Å². The first-order chi connectivity index (χ1) is 6.86. The van der Waals surface area contributed by atoms with Crippen LogP contribution in [0.15, 0.2) is 6.20 Å². The van der Waals surface area contributed by atoms with Crippen LogP contribution >= 0.6 is 0 Å². The molecule has 3 N–H and O–H groups in total. The van der Waals surface area contributed by atoms with E-state index in [4.69, 9.17) is 10.8 Å². The van der Waals surface area contributed by atoms with Crippen LogP contribution in [0.1, 0.15) is 31.4 Å². The van der Waals surface area contributed by atoms with Crippen molar-refractivity contribution < 1.29 is 5.11 Å². The molecule has 0 saturated carbocycles. The summed E-state index contributed by atoms with van der Waals surface area (Å²) in [5, 5.41) is 16.4. The molecule has 0 fully saturated rings. The lowest BCUT2D eigenvalue weighted by Crippen LogP contribution is -1.99. The second-order valence-corrected chi connectivity index (χ2v) is 3.31. The van der Waals surface area contributed by atoms with E-state index >= 15 is 0 Å². The maximum absolute atomic E-state index is 8.58. The number of aliphatic hydroxyl groups is 1. The fourth-order valence-electron chi connectivity index (χ4n) is 1.28. The van der Waals surface area contributed by atoms with Gasteiger partial charge in [-0.2, -0.15) is 0 Å². The molecule has 0 aliphatic rings. The van der Waals surface area contributed by atoms with Gasteiger partial charge in [0.25, 0.3) is 0 Å². The summed E-state index contributed by atoms with van der Waals surface area (Å²) in [5.74, 6) is 0. The smallest absolute Gasteiger partial charge is 0.0962 e. The van der Waals surface area contributed by atoms with Gasteiger partial charge >= 0.3 is 0 Å². The van der Waals surface area contributed by atoms with Crippen molar-refractivity contribution >= 4 is 0 Å². The molecule has 1 aromatic rings. The van der Waals surface area contributed by atoms with E-state index < -0.39 is 0 Å². The highest BCUT2D eigenvalue weighted by atomic mass is 16.2. The van der Waals surface area contributed by atoms with Crippen molar-refractivity contribution in [2.45, 2.75) is 38.8 Å². The molecule has 5 nitrogen and oxygen atoms in total. The van der Waals surface area contributed by atoms with Gasteiger partial charge in [-0.15, -0.1) is 5.10 Å². The van der Waals surface area contributed by atoms with Gasteiger partial charge in [0.2, 0.25) is 0 Å². The predicted octanol–water partition coefficient (Wildman–Crippen LogP) is 0.289. The molecule has 0 aliphatic carbocycles. The third-order valence-corrected chi connectivity index (χ3v) is 2.09. The molecule has 0 bridgehead atoms. The van der Waals surface area contributed by atoms with Gasteiger partial charge in [-0.1, -0.05) is 18.1 Å². The Morgan fingerprint density at radius 2 is 2.07 bits per heavy atom. The fourth-order valence-corrected chi connectivity index (χ4v) is 1.28. The summed E-state index contributed by atoms with van der Waals surface area (Å²) in [6.07, 6.45) is 6.05. The SMILES string of the molecule is NCc1cn(CCCCCCO)nn1. The first kappa shape index (κ1) is 11.1. The molecule has 0 unspecified atom stereocenters. The third kappa shape index (κ3) is 3.85. The maximum Gasteiger partial charge on any atom is 0.0962 e. The van der Waals surface area contributed by atoms with Crippen molar-refractivity contribution in [1.82, 2.24) is 15.0 Å². The highest BCUT2D eigenvalue weighted by Gasteiger charge is 1.97. The molecule has 1 rings (SSSR count). The van der Waals surface area contributed by atoms with Crippen LogP contribution in [0, 0.1) is 0 Å². The molecule has 0 aromatic carbocycles. The van der Waals surface area contributed by atoms with Crippen LogP contribution in [-0.2, 0) is 13.1 Å². The molecule has 80 valence electrons. The minimum atomic E-state index is 0.292. The molecule has 1 aromatic heterocycles. The summed E-state index contributed by atoms with van der Waals surface area (Å²) >= 11 is 0. The zero-order valence-electron chi connectivity index (χ0n) is 8.39. The van der Waals surface area contributed by atoms with Crippen molar-refractivity contribution in [3.05, 3.63) is 11.9 Å². The maximum atomic E-state index is 8.58. The van der Waals surface area contributed by atoms with Crippen LogP contribution in [0.25, 0.3) is 0 Å². The summed E-state index contributed by atoms with van der Waals surface area (Å²) in [6, 6.07) is 0. The lowest BCUT2D eigenvalue weighted by Gasteiger charge is -1.99. The number of aliphatic hydroxyl groups excluding tert-OH is 1. The zero-order valence-corrected chi connectivity index (χ0v) is 8.39. The van der Waals surface area contributed by atoms with E-state index in [1.807, 2.05) is 10.9 Å². The van der Waals surface area contributed by atoms with E-state index in [2.05, 4.69) is 10.3 Å². The van der Waals surface area contributed by atoms with Gasteiger partial charge in [0, 0.05) is 25.9 Å². The number of hydrogen-bond donors (Lipinski definition) is 2. The minimum absolute atomic E-state index is 0.292. The highest BCUT2D eigenvalue weighted by Crippen LogP contribution is 2.01. The second-order valence-electron chi connectivity index (χ2n) is 3.31. The average molecular weight is 198 g/mol. The number of hydrogen-bond acceptors (Lipinski definition) is 4. The Morgan fingerprint density at radius 1 is 1.29 bits per heavy atom. The van der Waals surface area contributed by atoms with Crippen molar-refractivity contribution in [2.75, 3.05) is 6.61 Å². The van der Waals surface area contributed by atoms with Crippen LogP contribution in [0.2, 0.25) is 0 Å². The van der Waals surface area contributed by atoms with Crippen LogP contribution in [0.3, 0.4) is 0 Å². The number of aryl methyl sites for hydroxylation is 1. The van der Waals surface area contributed by atoms with E-state index in [1.165, 1.54) is 0 Å². The summed E-state index contributed by atoms with van der Waals surface area (Å²) in [6.45, 7) is 1.63. The molecule has 5 heteroatoms. The van der Waals surface area contributed by atoms with Crippen molar-refractivity contribution in [2.24, 2.45) is 5.73 Å². The van der Waals surface area contributed by atoms with Gasteiger partial charge in [0.15, 0.2) is 0 Å². The Balaban J connectivity index is 2.12. The van der Waals surface area contributed by atoms with Crippen molar-refractivity contribution in [3.8, 4) is 0 Å². The van der Waals surface area contributed by atoms with Gasteiger partial charge in [0.05, 0.1) is 5.69 Å². The van der Waals surface area contributed by atoms with Gasteiger partial charge < -0.3 is 10.8 Å². The van der Waals surface area contributed by atoms with Gasteiger partial charge in [-0.25, -0.2) is 0 Å². The second kappa shape index (κ2) is 6.50. The Hall–Kier alpha value is -0.940. The van der Waals surface area contributed by atoms with Gasteiger partial charge in [-0.3, -0.25) is 4.68 Å². The third-order valence-electron chi connectivity index (χ3n) is 2.09. The molecular weight excluding hydrogens is 180 g/mol. The summed E-state index contributed by atoms with van der Waals surface area (Å²) in [5.41, 5.74) is 6.25. The fraction of sp³-hybridized carbons (Fsp3) is 0.778. The lowest BCUT2D eigenvalue weighted by molar-refractivity contribution is 0.282. The standard InChI is InChI=1S/C9H18N4O/c10-7-9-8-13(12-11-9)5-3-1-2-4-6-14/h8,14H,1-7,10H2. The number of nitrogens with two attached hydrogens (primary N) is 1. The van der Waals surface area contributed by atoms with E-state index in [9.17, 15) is 0 Å². The first-order valence-corrected chi connectivity index (χ1v) is 5.06. The van der Waals surface area contributed by atoms with Crippen LogP contribution in [-0.4, -0.2) is 26.7 Å². The number of unbranched alkanes of at least 4 members (excludes halogenated alkanes) is 3. The largest absolute Gasteiger partial charge is 0.396 e. The van der Waals surface area contributed by atoms with Crippen LogP contribution in [0.5, 0.6) is 0 Å². The van der Waals surface area contributed by atoms with E-state index in [-0.39, 0.29) is 0 Å². The number of aromatic nitrogens is 3. The van der Waals surface area contributed by atoms with E-state index in [1.54, 1.807) is 0 Å². The Bertz CT molecular complexity index is 249. The Labute approximate surface area is 83.9 Å². The molecule has 1 heterocycles. The monoisotopic (exact) mass is 198 g/mol. The quantitative estimate of drug-likeness (QED) is 0.617. The molecular formula is C9H18N4O. The van der Waals surface area contributed by atoms with Crippen molar-refractivity contribution in [1.29, 1.82) is 0 Å². The molecule has 0 amide bonds. The number of rotatable bonds is 7. The Kier molecular flexibility index (Phi) is 5.17. The Morgan fingerprint density at radius 3 is 2.71 bits per heavy atom. The molecule has 0 atom stereocenters. The lowest BCUT2D eigenvalue weighted by atomic mass is 10.2. The minimum Gasteiger partial charge on any atom is -0.396 e. The molecule has 0 aliphatic heterocycles. The summed E-state index contributed by atoms with van der Waals surface area (Å²) in [7, 11) is 0. The average Bonchev–Trinajstić information content (AvgIpc) is 2.65. The topological polar surface area (TPSA) is 77.0 Å². The van der Waals surface area contributed by atoms with E-state index in [0.717, 1.165) is 37.9 Å². The van der Waals surface area contributed by atoms with Crippen LogP contribution < -0.4 is 5.73 Å². The zero-order chi connectivity index (χ0) is 10.2. The molecule has 14 heavy (non-hydrogen) atoms. The summed E-state index contributed by atoms with van der Waals surface area (Å²) < 4.78 is 1.82. The summed E-state index contributed by atoms with van der Waals surface area (Å²) in [4.78, 5) is 0. The first-order valence-electron chi connectivity index (χ1n) is 5.06. The van der Waals surface area contributed by atoms with Gasteiger partial charge in [-0.05, 0) is 12.8 Å². The normalized spacial score (nSPS) is 10.7. The number of nitrogens with zero attached hydrogens (tertiary/aromatic N) is 3. The highest BCUT2D eigenvalue weighted by molar-refractivity contribution is 4.90. The molecule has 0 spiro atoms. The predicted molar refractivity (Wildman–Crippen MR) is 53.5 cm³/mol. The van der Waals surface area contributed by atoms with Crippen molar-refractivity contribution in [3.63, 3.8) is 0 Å². The molecule has 0 radical (unpaired) electrons. The molecule has 0 saturated heterocycles. The van der Waals surface area contributed by atoms with Gasteiger partial charge in [0.1, 0.15) is 0 Å².